The van der Waals surface area contributed by atoms with Gasteiger partial charge in [-0.1, -0.05) is 48.5 Å². The molecule has 7 aromatic rings. The third-order valence-electron chi connectivity index (χ3n) is 8.57. The summed E-state index contributed by atoms with van der Waals surface area (Å²) in [6.07, 6.45) is 0. The molecule has 0 aliphatic carbocycles. The van der Waals surface area contributed by atoms with Crippen molar-refractivity contribution in [1.82, 2.24) is 0 Å². The third-order valence-corrected chi connectivity index (χ3v) is 8.57. The Kier molecular flexibility index (Phi) is 5.92. The fourth-order valence-electron chi connectivity index (χ4n) is 6.42. The van der Waals surface area contributed by atoms with Crippen LogP contribution in [-0.2, 0) is 0 Å². The van der Waals surface area contributed by atoms with Crippen LogP contribution in [-0.4, -0.2) is 71.5 Å². The van der Waals surface area contributed by atoms with Gasteiger partial charge in [-0.15, -0.1) is 0 Å². The Labute approximate surface area is 265 Å². The van der Waals surface area contributed by atoms with Crippen LogP contribution >= 0.6 is 0 Å². The van der Waals surface area contributed by atoms with Crippen LogP contribution in [0.4, 0.5) is 0 Å². The maximum atomic E-state index is 11.6. The Hall–Kier alpha value is -7.22. The van der Waals surface area contributed by atoms with Gasteiger partial charge in [0.1, 0.15) is 5.75 Å². The lowest BCUT2D eigenvalue weighted by atomic mass is 9.82. The Morgan fingerprint density at radius 3 is 0.854 bits per heavy atom. The van der Waals surface area contributed by atoms with Gasteiger partial charge in [0.25, 0.3) is 0 Å². The monoisotopic (exact) mass is 654 g/mol. The van der Waals surface area contributed by atoms with Crippen molar-refractivity contribution in [3.05, 3.63) is 48.5 Å². The summed E-state index contributed by atoms with van der Waals surface area (Å²) in [5.41, 5.74) is -0.998. The number of aromatic hydroxyl groups is 14. The molecule has 242 valence electrons. The molecule has 0 aliphatic rings. The normalized spacial score (nSPS) is 11.7. The van der Waals surface area contributed by atoms with Crippen molar-refractivity contribution in [1.29, 1.82) is 0 Å². The topological polar surface area (TPSA) is 283 Å². The van der Waals surface area contributed by atoms with E-state index in [1.165, 1.54) is 48.5 Å². The quantitative estimate of drug-likeness (QED) is 0.0621. The molecule has 0 aliphatic heterocycles. The molecule has 0 bridgehead atoms. The van der Waals surface area contributed by atoms with Crippen molar-refractivity contribution in [3.8, 4) is 103 Å². The van der Waals surface area contributed by atoms with Gasteiger partial charge in [-0.3, -0.25) is 0 Å². The Morgan fingerprint density at radius 1 is 0.208 bits per heavy atom. The third kappa shape index (κ3) is 3.44. The van der Waals surface area contributed by atoms with E-state index in [1.807, 2.05) is 0 Å². The zero-order chi connectivity index (χ0) is 34.7. The second-order valence-electron chi connectivity index (χ2n) is 11.0. The molecule has 7 aromatic carbocycles. The standard InChI is InChI=1S/C34H22O14/c35-21-17(24(38)25(39)20-19(21)28(42)33(47)34(48)29(20)43)14-11-7-3-1-5-9(11)13(10-6-2-4-8-12(10)14)15-16-18(26(40)30(44)22(15)36)27(41)32(46)31(45)23(16)37/h1-8,35-48H. The van der Waals surface area contributed by atoms with Gasteiger partial charge in [-0.2, -0.15) is 0 Å². The van der Waals surface area contributed by atoms with Crippen molar-refractivity contribution < 1.29 is 71.5 Å². The zero-order valence-corrected chi connectivity index (χ0v) is 23.9. The first-order valence-electron chi connectivity index (χ1n) is 13.8. The first kappa shape index (κ1) is 29.5. The van der Waals surface area contributed by atoms with Crippen molar-refractivity contribution >= 4 is 43.1 Å². The molecule has 14 nitrogen and oxygen atoms in total. The molecule has 14 N–H and O–H groups in total. The highest BCUT2D eigenvalue weighted by Crippen LogP contribution is 2.63. The molecular weight excluding hydrogens is 632 g/mol. The van der Waals surface area contributed by atoms with Crippen molar-refractivity contribution in [2.45, 2.75) is 0 Å². The molecular formula is C34H22O14. The summed E-state index contributed by atoms with van der Waals surface area (Å²) in [6.45, 7) is 0. The SMILES string of the molecule is Oc1c(O)c(O)c2c(O)c(-c3c4ccccc4c(-c4c(O)c(O)c(O)c5c(O)c(O)c(O)c(O)c45)c4ccccc34)c(O)c(O)c2c1O. The second kappa shape index (κ2) is 9.64. The number of phenolic OH excluding ortho intramolecular Hbond substituents is 14. The number of hydrogen-bond donors (Lipinski definition) is 14. The van der Waals surface area contributed by atoms with Gasteiger partial charge in [0.2, 0.25) is 28.7 Å². The minimum Gasteiger partial charge on any atom is -0.506 e. The molecule has 0 amide bonds. The van der Waals surface area contributed by atoms with Crippen LogP contribution < -0.4 is 0 Å². The van der Waals surface area contributed by atoms with Crippen molar-refractivity contribution in [3.63, 3.8) is 0 Å². The molecule has 0 aromatic heterocycles. The van der Waals surface area contributed by atoms with Gasteiger partial charge in [0, 0.05) is 22.1 Å². The van der Waals surface area contributed by atoms with E-state index in [9.17, 15) is 71.5 Å². The molecule has 14 heteroatoms. The van der Waals surface area contributed by atoms with Crippen molar-refractivity contribution in [2.75, 3.05) is 0 Å². The highest BCUT2D eigenvalue weighted by atomic mass is 16.4. The average Bonchev–Trinajstić information content (AvgIpc) is 3.08. The second-order valence-corrected chi connectivity index (χ2v) is 11.0. The number of hydrogen-bond acceptors (Lipinski definition) is 14. The number of fused-ring (bicyclic) bond motifs is 4. The van der Waals surface area contributed by atoms with Crippen LogP contribution in [0, 0.1) is 0 Å². The van der Waals surface area contributed by atoms with Gasteiger partial charge in [0.15, 0.2) is 46.0 Å². The van der Waals surface area contributed by atoms with Crippen LogP contribution in [0.25, 0.3) is 65.3 Å². The summed E-state index contributed by atoms with van der Waals surface area (Å²) in [5, 5.41) is 148. The van der Waals surface area contributed by atoms with Crippen LogP contribution in [0.15, 0.2) is 48.5 Å². The molecule has 0 saturated carbocycles. The average molecular weight is 655 g/mol. The first-order valence-corrected chi connectivity index (χ1v) is 13.8. The van der Waals surface area contributed by atoms with E-state index in [-0.39, 0.29) is 32.7 Å². The minimum atomic E-state index is -1.24. The van der Waals surface area contributed by atoms with E-state index < -0.39 is 113 Å². The van der Waals surface area contributed by atoms with Crippen LogP contribution in [0.1, 0.15) is 0 Å². The molecule has 0 unspecified atom stereocenters. The zero-order valence-electron chi connectivity index (χ0n) is 23.9. The van der Waals surface area contributed by atoms with Crippen LogP contribution in [0.5, 0.6) is 80.5 Å². The largest absolute Gasteiger partial charge is 0.506 e. The molecule has 0 radical (unpaired) electrons. The minimum absolute atomic E-state index is 0.00501. The number of rotatable bonds is 2. The van der Waals surface area contributed by atoms with Gasteiger partial charge >= 0.3 is 0 Å². The summed E-state index contributed by atoms with van der Waals surface area (Å²) in [6, 6.07) is 12.1. The molecule has 0 saturated heterocycles. The molecule has 0 heterocycles. The highest BCUT2D eigenvalue weighted by molar-refractivity contribution is 6.28. The summed E-state index contributed by atoms with van der Waals surface area (Å²) in [7, 11) is 0. The van der Waals surface area contributed by atoms with Gasteiger partial charge < -0.3 is 71.5 Å². The lowest BCUT2D eigenvalue weighted by molar-refractivity contribution is 0.347. The molecule has 48 heavy (non-hydrogen) atoms. The predicted octanol–water partition coefficient (Wildman–Crippen LogP) is 5.51. The van der Waals surface area contributed by atoms with E-state index in [2.05, 4.69) is 0 Å². The van der Waals surface area contributed by atoms with Crippen LogP contribution in [0.2, 0.25) is 0 Å². The Bertz CT molecular complexity index is 2540. The smallest absolute Gasteiger partial charge is 0.205 e. The molecule has 7 rings (SSSR count). The van der Waals surface area contributed by atoms with Crippen molar-refractivity contribution in [2.24, 2.45) is 0 Å². The maximum Gasteiger partial charge on any atom is 0.205 e. The summed E-state index contributed by atoms with van der Waals surface area (Å²) >= 11 is 0. The molecule has 0 spiro atoms. The Balaban J connectivity index is 1.76. The maximum absolute atomic E-state index is 11.6. The summed E-state index contributed by atoms with van der Waals surface area (Å²) in [4.78, 5) is 0. The highest BCUT2D eigenvalue weighted by Gasteiger charge is 2.34. The predicted molar refractivity (Wildman–Crippen MR) is 171 cm³/mol. The van der Waals surface area contributed by atoms with E-state index in [0.29, 0.717) is 0 Å². The summed E-state index contributed by atoms with van der Waals surface area (Å²) in [5.74, 6) is -15.9. The van der Waals surface area contributed by atoms with E-state index in [1.54, 1.807) is 0 Å². The van der Waals surface area contributed by atoms with Gasteiger partial charge in [-0.25, -0.2) is 0 Å². The summed E-state index contributed by atoms with van der Waals surface area (Å²) < 4.78 is 0. The number of phenols is 14. The van der Waals surface area contributed by atoms with E-state index >= 15 is 0 Å². The fraction of sp³-hybridized carbons (Fsp3) is 0. The fourth-order valence-corrected chi connectivity index (χ4v) is 6.42. The van der Waals surface area contributed by atoms with Crippen LogP contribution in [0.3, 0.4) is 0 Å². The number of benzene rings is 7. The van der Waals surface area contributed by atoms with E-state index in [0.717, 1.165) is 0 Å². The Morgan fingerprint density at radius 2 is 0.458 bits per heavy atom. The van der Waals surface area contributed by atoms with E-state index in [4.69, 9.17) is 0 Å². The van der Waals surface area contributed by atoms with Gasteiger partial charge in [0.05, 0.1) is 21.7 Å². The lowest BCUT2D eigenvalue weighted by Crippen LogP contribution is -1.95. The van der Waals surface area contributed by atoms with Gasteiger partial charge in [-0.05, 0) is 21.5 Å². The lowest BCUT2D eigenvalue weighted by Gasteiger charge is -2.23. The molecule has 0 fully saturated rings. The first-order chi connectivity index (χ1) is 22.7. The molecule has 0 atom stereocenters.